The fourth-order valence-corrected chi connectivity index (χ4v) is 2.82. The third kappa shape index (κ3) is 7.56. The van der Waals surface area contributed by atoms with Gasteiger partial charge in [0, 0.05) is 12.6 Å². The van der Waals surface area contributed by atoms with Gasteiger partial charge in [0.2, 0.25) is 5.82 Å². The Morgan fingerprint density at radius 2 is 1.70 bits per heavy atom. The second kappa shape index (κ2) is 12.1. The number of aromatic nitrogens is 3. The molecule has 37 heavy (non-hydrogen) atoms. The average molecular weight is 523 g/mol. The third-order valence-electron chi connectivity index (χ3n) is 4.60. The molecule has 0 saturated heterocycles. The van der Waals surface area contributed by atoms with E-state index in [1.165, 1.54) is 6.20 Å². The number of halogens is 6. The zero-order chi connectivity index (χ0) is 27.0. The van der Waals surface area contributed by atoms with Gasteiger partial charge in [0.05, 0.1) is 18.4 Å². The van der Waals surface area contributed by atoms with Crippen LogP contribution in [-0.4, -0.2) is 28.2 Å². The molecule has 1 aromatic carbocycles. The Labute approximate surface area is 207 Å². The highest BCUT2D eigenvalue weighted by atomic mass is 19.4. The van der Waals surface area contributed by atoms with Crippen molar-refractivity contribution in [3.63, 3.8) is 0 Å². The summed E-state index contributed by atoms with van der Waals surface area (Å²) in [4.78, 5) is 11.3. The van der Waals surface area contributed by atoms with Crippen LogP contribution in [0, 0.1) is 17.5 Å². The van der Waals surface area contributed by atoms with Crippen LogP contribution >= 0.6 is 0 Å². The lowest BCUT2D eigenvalue weighted by Gasteiger charge is -2.11. The number of hydrogen-bond acceptors (Lipinski definition) is 6. The molecule has 0 aliphatic carbocycles. The van der Waals surface area contributed by atoms with Crippen molar-refractivity contribution in [3.8, 4) is 23.5 Å². The Morgan fingerprint density at radius 3 is 2.38 bits per heavy atom. The molecule has 0 spiro atoms. The lowest BCUT2D eigenvalue weighted by molar-refractivity contribution is -0.140. The molecule has 0 amide bonds. The molecule has 2 heterocycles. The van der Waals surface area contributed by atoms with Gasteiger partial charge < -0.3 is 14.2 Å². The standard InChI is InChI=1S/C25H19F6N3O3/c1-3-5-15(4-2)14-36-24-33-13-21(28)23(34-24)35-9-8-16-10-20(27)22(32-12-16)37-17-6-7-19(26)18(11-17)25(29,30)31/h3-7,10-13H,1-2,8-9,14H2/b15-5+. The number of nitrogens with zero attached hydrogens (tertiary/aromatic N) is 3. The van der Waals surface area contributed by atoms with Crippen molar-refractivity contribution in [2.45, 2.75) is 12.6 Å². The van der Waals surface area contributed by atoms with E-state index in [2.05, 4.69) is 28.1 Å². The summed E-state index contributed by atoms with van der Waals surface area (Å²) in [5, 5.41) is 0. The number of rotatable bonds is 11. The zero-order valence-corrected chi connectivity index (χ0v) is 19.1. The predicted octanol–water partition coefficient (Wildman–Crippen LogP) is 6.40. The van der Waals surface area contributed by atoms with Crippen LogP contribution in [-0.2, 0) is 12.6 Å². The summed E-state index contributed by atoms with van der Waals surface area (Å²) in [6.07, 6.45) is 1.94. The Balaban J connectivity index is 1.61. The second-order valence-electron chi connectivity index (χ2n) is 7.25. The molecule has 6 nitrogen and oxygen atoms in total. The van der Waals surface area contributed by atoms with E-state index in [0.29, 0.717) is 23.3 Å². The van der Waals surface area contributed by atoms with Crippen LogP contribution < -0.4 is 14.2 Å². The quantitative estimate of drug-likeness (QED) is 0.214. The van der Waals surface area contributed by atoms with Crippen LogP contribution in [0.3, 0.4) is 0 Å². The molecular weight excluding hydrogens is 504 g/mol. The van der Waals surface area contributed by atoms with Gasteiger partial charge in [-0.2, -0.15) is 22.5 Å². The summed E-state index contributed by atoms with van der Waals surface area (Å²) < 4.78 is 96.1. The smallest absolute Gasteiger partial charge is 0.419 e. The highest BCUT2D eigenvalue weighted by molar-refractivity contribution is 5.35. The Hall–Kier alpha value is -4.35. The first-order valence-electron chi connectivity index (χ1n) is 10.5. The highest BCUT2D eigenvalue weighted by Crippen LogP contribution is 2.35. The minimum Gasteiger partial charge on any atom is -0.475 e. The number of allylic oxidation sites excluding steroid dienone is 2. The summed E-state index contributed by atoms with van der Waals surface area (Å²) in [7, 11) is 0. The number of pyridine rings is 1. The van der Waals surface area contributed by atoms with Gasteiger partial charge in [-0.05, 0) is 35.4 Å². The first-order valence-corrected chi connectivity index (χ1v) is 10.5. The van der Waals surface area contributed by atoms with E-state index in [-0.39, 0.29) is 31.5 Å². The molecule has 0 radical (unpaired) electrons. The van der Waals surface area contributed by atoms with Crippen molar-refractivity contribution < 1.29 is 40.6 Å². The van der Waals surface area contributed by atoms with E-state index < -0.39 is 40.8 Å². The van der Waals surface area contributed by atoms with E-state index in [9.17, 15) is 26.3 Å². The third-order valence-corrected chi connectivity index (χ3v) is 4.60. The molecule has 0 aliphatic heterocycles. The van der Waals surface area contributed by atoms with E-state index >= 15 is 0 Å². The maximum Gasteiger partial charge on any atom is 0.419 e. The molecule has 0 fully saturated rings. The van der Waals surface area contributed by atoms with E-state index in [4.69, 9.17) is 14.2 Å². The molecule has 3 rings (SSSR count). The molecule has 0 atom stereocenters. The maximum atomic E-state index is 14.4. The van der Waals surface area contributed by atoms with Gasteiger partial charge in [-0.3, -0.25) is 0 Å². The van der Waals surface area contributed by atoms with Crippen molar-refractivity contribution in [1.82, 2.24) is 15.0 Å². The summed E-state index contributed by atoms with van der Waals surface area (Å²) in [6.45, 7) is 7.13. The van der Waals surface area contributed by atoms with Crippen LogP contribution in [0.1, 0.15) is 11.1 Å². The number of ether oxygens (including phenoxy) is 3. The fourth-order valence-electron chi connectivity index (χ4n) is 2.82. The fraction of sp³-hybridized carbons (Fsp3) is 0.160. The predicted molar refractivity (Wildman–Crippen MR) is 121 cm³/mol. The van der Waals surface area contributed by atoms with Gasteiger partial charge in [-0.15, -0.1) is 0 Å². The van der Waals surface area contributed by atoms with Crippen LogP contribution in [0.4, 0.5) is 26.3 Å². The largest absolute Gasteiger partial charge is 0.475 e. The number of benzene rings is 1. The van der Waals surface area contributed by atoms with Gasteiger partial charge >= 0.3 is 12.2 Å². The van der Waals surface area contributed by atoms with Crippen molar-refractivity contribution in [2.75, 3.05) is 13.2 Å². The van der Waals surface area contributed by atoms with Crippen LogP contribution in [0.2, 0.25) is 0 Å². The molecule has 0 aliphatic rings. The van der Waals surface area contributed by atoms with Crippen LogP contribution in [0.5, 0.6) is 23.5 Å². The minimum atomic E-state index is -4.95. The molecule has 0 bridgehead atoms. The normalized spacial score (nSPS) is 11.7. The molecule has 0 unspecified atom stereocenters. The van der Waals surface area contributed by atoms with Gasteiger partial charge in [0.15, 0.2) is 5.82 Å². The summed E-state index contributed by atoms with van der Waals surface area (Å²) >= 11 is 0. The average Bonchev–Trinajstić information content (AvgIpc) is 2.85. The SMILES string of the molecule is C=C/C=C(\C=C)COc1ncc(F)c(OCCc2cnc(Oc3ccc(F)c(C(F)(F)F)c3)c(F)c2)n1. The zero-order valence-electron chi connectivity index (χ0n) is 19.1. The van der Waals surface area contributed by atoms with Crippen LogP contribution in [0.15, 0.2) is 73.6 Å². The van der Waals surface area contributed by atoms with E-state index in [0.717, 1.165) is 18.3 Å². The van der Waals surface area contributed by atoms with Gasteiger partial charge in [-0.1, -0.05) is 31.4 Å². The van der Waals surface area contributed by atoms with Crippen molar-refractivity contribution >= 4 is 0 Å². The number of hydrogen-bond donors (Lipinski definition) is 0. The van der Waals surface area contributed by atoms with Crippen molar-refractivity contribution in [2.24, 2.45) is 0 Å². The number of alkyl halides is 3. The van der Waals surface area contributed by atoms with Gasteiger partial charge in [0.1, 0.15) is 18.2 Å². The van der Waals surface area contributed by atoms with E-state index in [1.807, 2.05) is 0 Å². The second-order valence-corrected chi connectivity index (χ2v) is 7.25. The Bertz CT molecular complexity index is 1310. The topological polar surface area (TPSA) is 66.4 Å². The summed E-state index contributed by atoms with van der Waals surface area (Å²) in [5.74, 6) is -4.77. The monoisotopic (exact) mass is 523 g/mol. The maximum absolute atomic E-state index is 14.4. The molecule has 0 N–H and O–H groups in total. The van der Waals surface area contributed by atoms with Crippen molar-refractivity contribution in [1.29, 1.82) is 0 Å². The molecular formula is C25H19F6N3O3. The van der Waals surface area contributed by atoms with Crippen molar-refractivity contribution in [3.05, 3.63) is 102 Å². The van der Waals surface area contributed by atoms with Gasteiger partial charge in [-0.25, -0.2) is 18.7 Å². The summed E-state index contributed by atoms with van der Waals surface area (Å²) in [5.41, 5.74) is -0.553. The molecule has 0 saturated carbocycles. The highest BCUT2D eigenvalue weighted by Gasteiger charge is 2.34. The Morgan fingerprint density at radius 1 is 0.919 bits per heavy atom. The molecule has 3 aromatic rings. The Kier molecular flexibility index (Phi) is 8.88. The lowest BCUT2D eigenvalue weighted by atomic mass is 10.2. The molecule has 12 heteroatoms. The minimum absolute atomic E-state index is 0.0649. The first-order chi connectivity index (χ1) is 17.6. The summed E-state index contributed by atoms with van der Waals surface area (Å²) in [6, 6.07) is 2.75. The molecule has 2 aromatic heterocycles. The lowest BCUT2D eigenvalue weighted by Crippen LogP contribution is -2.09. The molecule has 194 valence electrons. The van der Waals surface area contributed by atoms with Gasteiger partial charge in [0.25, 0.3) is 11.8 Å². The van der Waals surface area contributed by atoms with E-state index in [1.54, 1.807) is 18.2 Å². The first kappa shape index (κ1) is 27.2. The van der Waals surface area contributed by atoms with Crippen LogP contribution in [0.25, 0.3) is 0 Å².